The van der Waals surface area contributed by atoms with Gasteiger partial charge in [0.05, 0.1) is 13.2 Å². The van der Waals surface area contributed by atoms with Gasteiger partial charge in [0, 0.05) is 12.6 Å². The SMILES string of the molecule is CC(NCCCOCCO)c1ccc2c(c1)OCCO2. The van der Waals surface area contributed by atoms with Gasteiger partial charge in [-0.3, -0.25) is 0 Å². The van der Waals surface area contributed by atoms with Crippen LogP contribution in [0.2, 0.25) is 0 Å². The molecule has 0 spiro atoms. The quantitative estimate of drug-likeness (QED) is 0.707. The van der Waals surface area contributed by atoms with Crippen molar-refractivity contribution < 1.29 is 19.3 Å². The Morgan fingerprint density at radius 3 is 2.85 bits per heavy atom. The molecule has 0 aliphatic carbocycles. The molecule has 5 nitrogen and oxygen atoms in total. The third kappa shape index (κ3) is 4.37. The van der Waals surface area contributed by atoms with Crippen LogP contribution in [-0.2, 0) is 4.74 Å². The van der Waals surface area contributed by atoms with Gasteiger partial charge >= 0.3 is 0 Å². The Hall–Kier alpha value is -1.30. The first kappa shape index (κ1) is 15.1. The number of hydrogen-bond donors (Lipinski definition) is 2. The number of fused-ring (bicyclic) bond motifs is 1. The highest BCUT2D eigenvalue weighted by atomic mass is 16.6. The zero-order valence-electron chi connectivity index (χ0n) is 11.9. The average Bonchev–Trinajstić information content (AvgIpc) is 2.50. The molecule has 1 aromatic carbocycles. The predicted octanol–water partition coefficient (Wildman–Crippen LogP) is 1.51. The molecule has 0 bridgehead atoms. The van der Waals surface area contributed by atoms with E-state index in [1.54, 1.807) is 0 Å². The molecular formula is C15H23NO4. The minimum absolute atomic E-state index is 0.0844. The van der Waals surface area contributed by atoms with Crippen molar-refractivity contribution in [3.8, 4) is 11.5 Å². The second-order valence-electron chi connectivity index (χ2n) is 4.77. The zero-order valence-corrected chi connectivity index (χ0v) is 11.9. The Labute approximate surface area is 119 Å². The summed E-state index contributed by atoms with van der Waals surface area (Å²) in [5, 5.41) is 12.0. The highest BCUT2D eigenvalue weighted by molar-refractivity contribution is 5.44. The van der Waals surface area contributed by atoms with E-state index in [1.807, 2.05) is 12.1 Å². The van der Waals surface area contributed by atoms with Gasteiger partial charge in [-0.15, -0.1) is 0 Å². The zero-order chi connectivity index (χ0) is 14.2. The molecule has 0 saturated carbocycles. The third-order valence-corrected chi connectivity index (χ3v) is 3.22. The van der Waals surface area contributed by atoms with Gasteiger partial charge in [-0.05, 0) is 37.6 Å². The van der Waals surface area contributed by atoms with E-state index in [9.17, 15) is 0 Å². The Bertz CT molecular complexity index is 411. The summed E-state index contributed by atoms with van der Waals surface area (Å²) >= 11 is 0. The molecule has 0 amide bonds. The summed E-state index contributed by atoms with van der Waals surface area (Å²) in [5.41, 5.74) is 1.19. The number of rotatable bonds is 8. The van der Waals surface area contributed by atoms with Crippen LogP contribution in [0.4, 0.5) is 0 Å². The Morgan fingerprint density at radius 2 is 2.05 bits per heavy atom. The lowest BCUT2D eigenvalue weighted by molar-refractivity contribution is 0.0904. The molecule has 2 N–H and O–H groups in total. The van der Waals surface area contributed by atoms with E-state index >= 15 is 0 Å². The largest absolute Gasteiger partial charge is 0.486 e. The second-order valence-corrected chi connectivity index (χ2v) is 4.77. The fourth-order valence-electron chi connectivity index (χ4n) is 2.11. The molecule has 1 aliphatic heterocycles. The van der Waals surface area contributed by atoms with E-state index < -0.39 is 0 Å². The number of hydrogen-bond acceptors (Lipinski definition) is 5. The molecule has 5 heteroatoms. The van der Waals surface area contributed by atoms with Gasteiger partial charge < -0.3 is 24.6 Å². The predicted molar refractivity (Wildman–Crippen MR) is 76.4 cm³/mol. The topological polar surface area (TPSA) is 60.0 Å². The lowest BCUT2D eigenvalue weighted by Gasteiger charge is -2.21. The van der Waals surface area contributed by atoms with Crippen molar-refractivity contribution in [3.63, 3.8) is 0 Å². The Morgan fingerprint density at radius 1 is 1.25 bits per heavy atom. The monoisotopic (exact) mass is 281 g/mol. The molecule has 1 atom stereocenters. The van der Waals surface area contributed by atoms with E-state index in [0.29, 0.717) is 26.4 Å². The summed E-state index contributed by atoms with van der Waals surface area (Å²) < 4.78 is 16.3. The first-order valence-corrected chi connectivity index (χ1v) is 7.13. The molecule has 0 aromatic heterocycles. The van der Waals surface area contributed by atoms with Crippen molar-refractivity contribution in [3.05, 3.63) is 23.8 Å². The van der Waals surface area contributed by atoms with Crippen molar-refractivity contribution in [2.75, 3.05) is 39.6 Å². The minimum atomic E-state index is 0.0844. The van der Waals surface area contributed by atoms with Gasteiger partial charge in [0.25, 0.3) is 0 Å². The Kier molecular flexibility index (Phi) is 6.11. The van der Waals surface area contributed by atoms with E-state index in [-0.39, 0.29) is 12.6 Å². The molecule has 1 unspecified atom stereocenters. The van der Waals surface area contributed by atoms with Crippen LogP contribution >= 0.6 is 0 Å². The summed E-state index contributed by atoms with van der Waals surface area (Å²) in [6, 6.07) is 6.32. The molecule has 1 aliphatic rings. The summed E-state index contributed by atoms with van der Waals surface area (Å²) in [4.78, 5) is 0. The summed E-state index contributed by atoms with van der Waals surface area (Å²) in [6.45, 7) is 5.40. The van der Waals surface area contributed by atoms with Crippen LogP contribution in [0.15, 0.2) is 18.2 Å². The second kappa shape index (κ2) is 8.09. The van der Waals surface area contributed by atoms with Crippen molar-refractivity contribution in [1.82, 2.24) is 5.32 Å². The van der Waals surface area contributed by atoms with Crippen molar-refractivity contribution in [2.24, 2.45) is 0 Å². The maximum absolute atomic E-state index is 8.59. The van der Waals surface area contributed by atoms with Crippen molar-refractivity contribution in [2.45, 2.75) is 19.4 Å². The summed E-state index contributed by atoms with van der Waals surface area (Å²) in [5.74, 6) is 1.65. The lowest BCUT2D eigenvalue weighted by Crippen LogP contribution is -2.22. The normalized spacial score (nSPS) is 15.1. The van der Waals surface area contributed by atoms with Gasteiger partial charge in [-0.2, -0.15) is 0 Å². The number of aliphatic hydroxyl groups excluding tert-OH is 1. The van der Waals surface area contributed by atoms with Crippen LogP contribution in [0.25, 0.3) is 0 Å². The first-order chi connectivity index (χ1) is 9.81. The lowest BCUT2D eigenvalue weighted by atomic mass is 10.1. The molecule has 1 aromatic rings. The summed E-state index contributed by atoms with van der Waals surface area (Å²) in [7, 11) is 0. The molecule has 1 heterocycles. The van der Waals surface area contributed by atoms with Crippen LogP contribution in [0.5, 0.6) is 11.5 Å². The smallest absolute Gasteiger partial charge is 0.161 e. The molecular weight excluding hydrogens is 258 g/mol. The molecule has 0 saturated heterocycles. The highest BCUT2D eigenvalue weighted by Crippen LogP contribution is 2.32. The van der Waals surface area contributed by atoms with Gasteiger partial charge in [0.15, 0.2) is 11.5 Å². The van der Waals surface area contributed by atoms with E-state index in [4.69, 9.17) is 19.3 Å². The summed E-state index contributed by atoms with van der Waals surface area (Å²) in [6.07, 6.45) is 0.925. The maximum atomic E-state index is 8.59. The molecule has 20 heavy (non-hydrogen) atoms. The van der Waals surface area contributed by atoms with Gasteiger partial charge in [0.1, 0.15) is 13.2 Å². The van der Waals surface area contributed by atoms with Crippen LogP contribution in [0.3, 0.4) is 0 Å². The molecule has 0 fully saturated rings. The van der Waals surface area contributed by atoms with E-state index in [1.165, 1.54) is 5.56 Å². The van der Waals surface area contributed by atoms with E-state index in [2.05, 4.69) is 18.3 Å². The van der Waals surface area contributed by atoms with Gasteiger partial charge in [-0.1, -0.05) is 6.07 Å². The fourth-order valence-corrected chi connectivity index (χ4v) is 2.11. The van der Waals surface area contributed by atoms with Crippen molar-refractivity contribution in [1.29, 1.82) is 0 Å². The third-order valence-electron chi connectivity index (χ3n) is 3.22. The van der Waals surface area contributed by atoms with E-state index in [0.717, 1.165) is 24.5 Å². The molecule has 2 rings (SSSR count). The fraction of sp³-hybridized carbons (Fsp3) is 0.600. The number of benzene rings is 1. The van der Waals surface area contributed by atoms with Gasteiger partial charge in [-0.25, -0.2) is 0 Å². The van der Waals surface area contributed by atoms with Crippen LogP contribution in [-0.4, -0.2) is 44.7 Å². The Balaban J connectivity index is 1.76. The number of nitrogens with one attached hydrogen (secondary N) is 1. The van der Waals surface area contributed by atoms with Crippen LogP contribution in [0.1, 0.15) is 24.9 Å². The molecule has 0 radical (unpaired) electrons. The number of ether oxygens (including phenoxy) is 3. The van der Waals surface area contributed by atoms with Crippen molar-refractivity contribution >= 4 is 0 Å². The first-order valence-electron chi connectivity index (χ1n) is 7.13. The molecule has 112 valence electrons. The van der Waals surface area contributed by atoms with Crippen LogP contribution in [0, 0.1) is 0 Å². The van der Waals surface area contributed by atoms with Gasteiger partial charge in [0.2, 0.25) is 0 Å². The maximum Gasteiger partial charge on any atom is 0.161 e. The highest BCUT2D eigenvalue weighted by Gasteiger charge is 2.13. The standard InChI is InChI=1S/C15H23NO4/c1-12(16-5-2-7-18-8-6-17)13-3-4-14-15(11-13)20-10-9-19-14/h3-4,11-12,16-17H,2,5-10H2,1H3. The van der Waals surface area contributed by atoms with Crippen LogP contribution < -0.4 is 14.8 Å². The minimum Gasteiger partial charge on any atom is -0.486 e. The average molecular weight is 281 g/mol. The number of aliphatic hydroxyl groups is 1.